The van der Waals surface area contributed by atoms with Crippen molar-refractivity contribution in [2.75, 3.05) is 6.61 Å². The predicted molar refractivity (Wildman–Crippen MR) is 83.6 cm³/mol. The average molecular weight is 300 g/mol. The van der Waals surface area contributed by atoms with Crippen LogP contribution < -0.4 is 4.74 Å². The number of carbonyl (C=O) groups excluding carboxylic acids is 1. The maximum Gasteiger partial charge on any atom is 0.347 e. The lowest BCUT2D eigenvalue weighted by Gasteiger charge is -2.18. The maximum absolute atomic E-state index is 12.1. The Kier molecular flexibility index (Phi) is 5.98. The minimum Gasteiger partial charge on any atom is -0.478 e. The number of hydrogen-bond acceptors (Lipinski definition) is 4. The van der Waals surface area contributed by atoms with Crippen LogP contribution in [0.2, 0.25) is 0 Å². The minimum atomic E-state index is -0.692. The Morgan fingerprint density at radius 2 is 1.73 bits per heavy atom. The van der Waals surface area contributed by atoms with Crippen LogP contribution in [0.4, 0.5) is 0 Å². The summed E-state index contributed by atoms with van der Waals surface area (Å²) >= 11 is 0. The van der Waals surface area contributed by atoms with Crippen LogP contribution in [0.3, 0.4) is 0 Å². The first-order chi connectivity index (χ1) is 10.7. The number of rotatable bonds is 7. The van der Waals surface area contributed by atoms with Crippen molar-refractivity contribution in [3.8, 4) is 5.75 Å². The second kappa shape index (κ2) is 8.20. The molecule has 0 saturated heterocycles. The fourth-order valence-corrected chi connectivity index (χ4v) is 2.07. The van der Waals surface area contributed by atoms with Gasteiger partial charge in [-0.15, -0.1) is 0 Å². The van der Waals surface area contributed by atoms with E-state index in [0.29, 0.717) is 18.8 Å². The lowest BCUT2D eigenvalue weighted by Crippen LogP contribution is -2.31. The maximum atomic E-state index is 12.1. The van der Waals surface area contributed by atoms with Gasteiger partial charge in [0.1, 0.15) is 5.75 Å². The molecule has 0 bridgehead atoms. The van der Waals surface area contributed by atoms with Crippen molar-refractivity contribution in [2.45, 2.75) is 26.1 Å². The SMILES string of the molecule is CCOC(=O)C(Cc1ccccc1)Oc1ccc(CO)cc1. The van der Waals surface area contributed by atoms with Gasteiger partial charge in [0, 0.05) is 6.42 Å². The van der Waals surface area contributed by atoms with Crippen LogP contribution in [0, 0.1) is 0 Å². The molecule has 116 valence electrons. The molecule has 0 saturated carbocycles. The second-order valence-corrected chi connectivity index (χ2v) is 4.85. The topological polar surface area (TPSA) is 55.8 Å². The number of benzene rings is 2. The summed E-state index contributed by atoms with van der Waals surface area (Å²) in [5, 5.41) is 9.05. The molecule has 0 aliphatic rings. The van der Waals surface area contributed by atoms with Gasteiger partial charge in [-0.2, -0.15) is 0 Å². The van der Waals surface area contributed by atoms with E-state index in [2.05, 4.69) is 0 Å². The van der Waals surface area contributed by atoms with E-state index in [0.717, 1.165) is 11.1 Å². The Hall–Kier alpha value is -2.33. The van der Waals surface area contributed by atoms with E-state index in [-0.39, 0.29) is 12.6 Å². The standard InChI is InChI=1S/C18H20O4/c1-2-21-18(20)17(12-14-6-4-3-5-7-14)22-16-10-8-15(13-19)9-11-16/h3-11,17,19H,2,12-13H2,1H3. The summed E-state index contributed by atoms with van der Waals surface area (Å²) in [4.78, 5) is 12.1. The van der Waals surface area contributed by atoms with Crippen LogP contribution in [0.15, 0.2) is 54.6 Å². The lowest BCUT2D eigenvalue weighted by atomic mass is 10.1. The quantitative estimate of drug-likeness (QED) is 0.799. The molecule has 1 atom stereocenters. The second-order valence-electron chi connectivity index (χ2n) is 4.85. The highest BCUT2D eigenvalue weighted by Crippen LogP contribution is 2.17. The highest BCUT2D eigenvalue weighted by molar-refractivity contribution is 5.75. The molecule has 2 rings (SSSR count). The summed E-state index contributed by atoms with van der Waals surface area (Å²) in [5.41, 5.74) is 1.80. The van der Waals surface area contributed by atoms with Crippen LogP contribution in [-0.4, -0.2) is 23.8 Å². The molecular formula is C18H20O4. The molecule has 22 heavy (non-hydrogen) atoms. The fourth-order valence-electron chi connectivity index (χ4n) is 2.07. The zero-order chi connectivity index (χ0) is 15.8. The molecule has 0 amide bonds. The average Bonchev–Trinajstić information content (AvgIpc) is 2.56. The predicted octanol–water partition coefficient (Wildman–Crippen LogP) is 2.73. The number of carbonyl (C=O) groups is 1. The summed E-state index contributed by atoms with van der Waals surface area (Å²) in [6.07, 6.45) is -0.246. The van der Waals surface area contributed by atoms with Gasteiger partial charge in [0.15, 0.2) is 6.10 Å². The van der Waals surface area contributed by atoms with E-state index < -0.39 is 6.10 Å². The van der Waals surface area contributed by atoms with E-state index in [1.807, 2.05) is 30.3 Å². The first-order valence-corrected chi connectivity index (χ1v) is 7.30. The number of aliphatic hydroxyl groups is 1. The molecule has 0 fully saturated rings. The molecule has 0 radical (unpaired) electrons. The summed E-state index contributed by atoms with van der Waals surface area (Å²) in [5.74, 6) is 0.198. The van der Waals surface area contributed by atoms with Gasteiger partial charge in [0.2, 0.25) is 0 Å². The van der Waals surface area contributed by atoms with Crippen molar-refractivity contribution < 1.29 is 19.4 Å². The van der Waals surface area contributed by atoms with Crippen molar-refractivity contribution in [1.82, 2.24) is 0 Å². The first-order valence-electron chi connectivity index (χ1n) is 7.30. The summed E-state index contributed by atoms with van der Waals surface area (Å²) < 4.78 is 10.9. The first kappa shape index (κ1) is 16.0. The molecule has 1 N–H and O–H groups in total. The Bertz CT molecular complexity index is 578. The number of hydrogen-bond donors (Lipinski definition) is 1. The molecule has 0 heterocycles. The third-order valence-electron chi connectivity index (χ3n) is 3.20. The van der Waals surface area contributed by atoms with Gasteiger partial charge >= 0.3 is 5.97 Å². The lowest BCUT2D eigenvalue weighted by molar-refractivity contribution is -0.151. The van der Waals surface area contributed by atoms with E-state index in [1.54, 1.807) is 31.2 Å². The van der Waals surface area contributed by atoms with E-state index >= 15 is 0 Å². The molecule has 4 heteroatoms. The fraction of sp³-hybridized carbons (Fsp3) is 0.278. The van der Waals surface area contributed by atoms with Gasteiger partial charge in [-0.3, -0.25) is 0 Å². The van der Waals surface area contributed by atoms with E-state index in [4.69, 9.17) is 14.6 Å². The van der Waals surface area contributed by atoms with Gasteiger partial charge in [-0.05, 0) is 30.2 Å². The highest BCUT2D eigenvalue weighted by Gasteiger charge is 2.22. The Labute approximate surface area is 130 Å². The van der Waals surface area contributed by atoms with Crippen LogP contribution in [0.5, 0.6) is 5.75 Å². The largest absolute Gasteiger partial charge is 0.478 e. The smallest absolute Gasteiger partial charge is 0.347 e. The van der Waals surface area contributed by atoms with Gasteiger partial charge < -0.3 is 14.6 Å². The summed E-state index contributed by atoms with van der Waals surface area (Å²) in [6.45, 7) is 2.07. The molecule has 2 aromatic carbocycles. The monoisotopic (exact) mass is 300 g/mol. The third-order valence-corrected chi connectivity index (χ3v) is 3.20. The van der Waals surface area contributed by atoms with Crippen LogP contribution in [-0.2, 0) is 22.6 Å². The molecule has 0 aliphatic heterocycles. The zero-order valence-electron chi connectivity index (χ0n) is 12.6. The Morgan fingerprint density at radius 3 is 2.32 bits per heavy atom. The third kappa shape index (κ3) is 4.60. The van der Waals surface area contributed by atoms with Crippen molar-refractivity contribution in [2.24, 2.45) is 0 Å². The molecule has 2 aromatic rings. The number of aliphatic hydroxyl groups excluding tert-OH is 1. The normalized spacial score (nSPS) is 11.7. The van der Waals surface area contributed by atoms with Crippen LogP contribution >= 0.6 is 0 Å². The highest BCUT2D eigenvalue weighted by atomic mass is 16.6. The van der Waals surface area contributed by atoms with Crippen LogP contribution in [0.1, 0.15) is 18.1 Å². The molecule has 0 spiro atoms. The van der Waals surface area contributed by atoms with Crippen molar-refractivity contribution in [1.29, 1.82) is 0 Å². The minimum absolute atomic E-state index is 0.0222. The number of ether oxygens (including phenoxy) is 2. The molecular weight excluding hydrogens is 280 g/mol. The van der Waals surface area contributed by atoms with Gasteiger partial charge in [-0.1, -0.05) is 42.5 Å². The van der Waals surface area contributed by atoms with Crippen molar-refractivity contribution >= 4 is 5.97 Å². The molecule has 4 nitrogen and oxygen atoms in total. The van der Waals surface area contributed by atoms with Crippen LogP contribution in [0.25, 0.3) is 0 Å². The van der Waals surface area contributed by atoms with Crippen molar-refractivity contribution in [3.05, 3.63) is 65.7 Å². The zero-order valence-corrected chi connectivity index (χ0v) is 12.6. The Morgan fingerprint density at radius 1 is 1.05 bits per heavy atom. The van der Waals surface area contributed by atoms with Gasteiger partial charge in [0.25, 0.3) is 0 Å². The summed E-state index contributed by atoms with van der Waals surface area (Å²) in [7, 11) is 0. The molecule has 1 unspecified atom stereocenters. The van der Waals surface area contributed by atoms with E-state index in [9.17, 15) is 4.79 Å². The number of esters is 1. The Balaban J connectivity index is 2.11. The van der Waals surface area contributed by atoms with Crippen molar-refractivity contribution in [3.63, 3.8) is 0 Å². The van der Waals surface area contributed by atoms with E-state index in [1.165, 1.54) is 0 Å². The molecule has 0 aromatic heterocycles. The van der Waals surface area contributed by atoms with Gasteiger partial charge in [0.05, 0.1) is 13.2 Å². The van der Waals surface area contributed by atoms with Gasteiger partial charge in [-0.25, -0.2) is 4.79 Å². The summed E-state index contributed by atoms with van der Waals surface area (Å²) in [6, 6.07) is 16.7. The molecule has 0 aliphatic carbocycles.